The monoisotopic (exact) mass is 608 g/mol. The van der Waals surface area contributed by atoms with E-state index in [1.807, 2.05) is 56.3 Å². The Bertz CT molecular complexity index is 1860. The Morgan fingerprint density at radius 3 is 2.33 bits per heavy atom. The van der Waals surface area contributed by atoms with E-state index in [1.54, 1.807) is 42.1 Å². The molecule has 12 nitrogen and oxygen atoms in total. The molecule has 5 aromatic rings. The number of fused-ring (bicyclic) bond motifs is 1. The zero-order valence-corrected chi connectivity index (χ0v) is 25.7. The van der Waals surface area contributed by atoms with E-state index in [1.165, 1.54) is 0 Å². The number of amides is 3. The van der Waals surface area contributed by atoms with Gasteiger partial charge in [-0.3, -0.25) is 19.5 Å². The standard InChI is InChI=1S/C33H36N8O4/c1-33(2,21-9-6-5-7-10-21)36-32(44)27-20-25-28(45-27)29(38-37-25)35-30(42)23-13-12-22(41-17-15-39(3)16-18-41)19-24(23)34-31(43)26-11-8-14-40(26)4/h5-14,19-20H,15-18H2,1-4H3,(H,34,43)(H,36,44)(H2,35,37,38,42). The van der Waals surface area contributed by atoms with Gasteiger partial charge in [-0.2, -0.15) is 5.10 Å². The number of aromatic nitrogens is 3. The molecule has 4 N–H and O–H groups in total. The van der Waals surface area contributed by atoms with E-state index in [4.69, 9.17) is 4.42 Å². The molecule has 1 aliphatic heterocycles. The Balaban J connectivity index is 1.24. The topological polar surface area (TPSA) is 141 Å². The van der Waals surface area contributed by atoms with Gasteiger partial charge < -0.3 is 34.7 Å². The summed E-state index contributed by atoms with van der Waals surface area (Å²) in [5, 5.41) is 15.7. The number of furan rings is 1. The summed E-state index contributed by atoms with van der Waals surface area (Å²) in [6.45, 7) is 7.30. The lowest BCUT2D eigenvalue weighted by molar-refractivity contribution is 0.0885. The van der Waals surface area contributed by atoms with E-state index < -0.39 is 17.4 Å². The summed E-state index contributed by atoms with van der Waals surface area (Å²) in [5.74, 6) is -1.04. The lowest BCUT2D eigenvalue weighted by Gasteiger charge is -2.34. The number of anilines is 3. The summed E-state index contributed by atoms with van der Waals surface area (Å²) in [6, 6.07) is 20.1. The van der Waals surface area contributed by atoms with E-state index in [0.29, 0.717) is 16.9 Å². The van der Waals surface area contributed by atoms with Crippen molar-refractivity contribution in [2.75, 3.05) is 48.8 Å². The minimum absolute atomic E-state index is 0.0743. The van der Waals surface area contributed by atoms with Crippen LogP contribution in [0.25, 0.3) is 11.1 Å². The molecule has 6 rings (SSSR count). The molecular weight excluding hydrogens is 572 g/mol. The Labute approximate surface area is 260 Å². The quantitative estimate of drug-likeness (QED) is 0.205. The van der Waals surface area contributed by atoms with Gasteiger partial charge in [-0.1, -0.05) is 30.3 Å². The predicted octanol–water partition coefficient (Wildman–Crippen LogP) is 4.42. The van der Waals surface area contributed by atoms with Gasteiger partial charge in [0.1, 0.15) is 11.2 Å². The van der Waals surface area contributed by atoms with Crippen LogP contribution in [-0.2, 0) is 12.6 Å². The number of nitrogens with one attached hydrogen (secondary N) is 4. The van der Waals surface area contributed by atoms with E-state index in [-0.39, 0.29) is 28.6 Å². The lowest BCUT2D eigenvalue weighted by Crippen LogP contribution is -2.44. The number of carbonyl (C=O) groups is 3. The average molecular weight is 609 g/mol. The minimum Gasteiger partial charge on any atom is -0.445 e. The molecule has 0 unspecified atom stereocenters. The zero-order chi connectivity index (χ0) is 31.7. The van der Waals surface area contributed by atoms with Crippen molar-refractivity contribution in [2.45, 2.75) is 19.4 Å². The number of likely N-dealkylation sites (N-methyl/N-ethyl adjacent to an activating group) is 1. The molecule has 4 heterocycles. The van der Waals surface area contributed by atoms with Crippen molar-refractivity contribution in [3.63, 3.8) is 0 Å². The SMILES string of the molecule is CN1CCN(c2ccc(C(=O)Nc3n[nH]c4cc(C(=O)NC(C)(C)c5ccccc5)oc34)c(NC(=O)c3cccn3C)c2)CC1. The summed E-state index contributed by atoms with van der Waals surface area (Å²) >= 11 is 0. The molecule has 0 saturated carbocycles. The third-order valence-corrected chi connectivity index (χ3v) is 8.15. The molecule has 1 saturated heterocycles. The highest BCUT2D eigenvalue weighted by atomic mass is 16.3. The summed E-state index contributed by atoms with van der Waals surface area (Å²) < 4.78 is 7.59. The normalized spacial score (nSPS) is 14.0. The number of aryl methyl sites for hydroxylation is 1. The molecule has 2 aromatic carbocycles. The van der Waals surface area contributed by atoms with Gasteiger partial charge in [0.15, 0.2) is 17.2 Å². The van der Waals surface area contributed by atoms with Crippen LogP contribution in [0.1, 0.15) is 50.8 Å². The third kappa shape index (κ3) is 6.18. The Kier molecular flexibility index (Phi) is 7.90. The Hall–Kier alpha value is -5.36. The van der Waals surface area contributed by atoms with Crippen LogP contribution in [0, 0.1) is 0 Å². The molecule has 45 heavy (non-hydrogen) atoms. The van der Waals surface area contributed by atoms with Crippen molar-refractivity contribution in [1.82, 2.24) is 25.0 Å². The molecule has 1 aliphatic rings. The largest absolute Gasteiger partial charge is 0.445 e. The van der Waals surface area contributed by atoms with Gasteiger partial charge in [-0.25, -0.2) is 0 Å². The maximum atomic E-state index is 13.7. The number of rotatable bonds is 8. The fourth-order valence-corrected chi connectivity index (χ4v) is 5.44. The van der Waals surface area contributed by atoms with E-state index in [0.717, 1.165) is 37.4 Å². The van der Waals surface area contributed by atoms with Gasteiger partial charge >= 0.3 is 0 Å². The first-order valence-corrected chi connectivity index (χ1v) is 14.8. The van der Waals surface area contributed by atoms with Gasteiger partial charge in [0, 0.05) is 51.2 Å². The van der Waals surface area contributed by atoms with Crippen molar-refractivity contribution in [3.8, 4) is 0 Å². The van der Waals surface area contributed by atoms with Gasteiger partial charge in [0.2, 0.25) is 0 Å². The Morgan fingerprint density at radius 1 is 0.867 bits per heavy atom. The van der Waals surface area contributed by atoms with Gasteiger partial charge in [0.05, 0.1) is 16.8 Å². The van der Waals surface area contributed by atoms with Crippen LogP contribution in [0.4, 0.5) is 17.2 Å². The summed E-state index contributed by atoms with van der Waals surface area (Å²) in [4.78, 5) is 44.5. The molecule has 232 valence electrons. The second-order valence-corrected chi connectivity index (χ2v) is 11.8. The number of hydrogen-bond donors (Lipinski definition) is 4. The van der Waals surface area contributed by atoms with Crippen LogP contribution < -0.4 is 20.9 Å². The fourth-order valence-electron chi connectivity index (χ4n) is 5.44. The lowest BCUT2D eigenvalue weighted by atomic mass is 9.94. The van der Waals surface area contributed by atoms with Gasteiger partial charge in [-0.05, 0) is 56.8 Å². The van der Waals surface area contributed by atoms with Gasteiger partial charge in [-0.15, -0.1) is 0 Å². The van der Waals surface area contributed by atoms with Crippen molar-refractivity contribution in [2.24, 2.45) is 7.05 Å². The fraction of sp³-hybridized carbons (Fsp3) is 0.273. The molecule has 0 spiro atoms. The van der Waals surface area contributed by atoms with E-state index in [9.17, 15) is 14.4 Å². The maximum Gasteiger partial charge on any atom is 0.287 e. The number of nitrogens with zero attached hydrogens (tertiary/aromatic N) is 4. The Morgan fingerprint density at radius 2 is 1.62 bits per heavy atom. The predicted molar refractivity (Wildman–Crippen MR) is 173 cm³/mol. The van der Waals surface area contributed by atoms with E-state index in [2.05, 4.69) is 43.0 Å². The first kappa shape index (κ1) is 29.7. The number of piperazine rings is 1. The van der Waals surface area contributed by atoms with Crippen LogP contribution in [0.3, 0.4) is 0 Å². The van der Waals surface area contributed by atoms with Crippen molar-refractivity contribution in [3.05, 3.63) is 95.5 Å². The average Bonchev–Trinajstić information content (AvgIpc) is 3.75. The highest BCUT2D eigenvalue weighted by molar-refractivity contribution is 6.14. The third-order valence-electron chi connectivity index (χ3n) is 8.15. The molecule has 0 radical (unpaired) electrons. The summed E-state index contributed by atoms with van der Waals surface area (Å²) in [6.07, 6.45) is 1.78. The number of aromatic amines is 1. The smallest absolute Gasteiger partial charge is 0.287 e. The molecule has 0 bridgehead atoms. The molecule has 3 amide bonds. The van der Waals surface area contributed by atoms with Crippen LogP contribution in [0.5, 0.6) is 0 Å². The maximum absolute atomic E-state index is 13.7. The number of hydrogen-bond acceptors (Lipinski definition) is 7. The summed E-state index contributed by atoms with van der Waals surface area (Å²) in [7, 11) is 3.87. The highest BCUT2D eigenvalue weighted by Crippen LogP contribution is 2.29. The molecule has 3 aromatic heterocycles. The molecule has 0 atom stereocenters. The van der Waals surface area contributed by atoms with Crippen LogP contribution in [0.15, 0.2) is 77.3 Å². The second kappa shape index (κ2) is 12.0. The first-order valence-electron chi connectivity index (χ1n) is 14.8. The number of benzene rings is 2. The zero-order valence-electron chi connectivity index (χ0n) is 25.7. The molecule has 12 heteroatoms. The molecule has 1 fully saturated rings. The van der Waals surface area contributed by atoms with Crippen LogP contribution in [0.2, 0.25) is 0 Å². The van der Waals surface area contributed by atoms with Crippen LogP contribution >= 0.6 is 0 Å². The highest BCUT2D eigenvalue weighted by Gasteiger charge is 2.27. The molecular formula is C33H36N8O4. The van der Waals surface area contributed by atoms with Crippen molar-refractivity contribution < 1.29 is 18.8 Å². The van der Waals surface area contributed by atoms with Crippen molar-refractivity contribution in [1.29, 1.82) is 0 Å². The van der Waals surface area contributed by atoms with Crippen LogP contribution in [-0.4, -0.2) is 70.6 Å². The summed E-state index contributed by atoms with van der Waals surface area (Å²) in [5.41, 5.74) is 2.96. The van der Waals surface area contributed by atoms with E-state index >= 15 is 0 Å². The van der Waals surface area contributed by atoms with Gasteiger partial charge in [0.25, 0.3) is 17.7 Å². The minimum atomic E-state index is -0.648. The van der Waals surface area contributed by atoms with Crippen molar-refractivity contribution >= 4 is 46.0 Å². The molecule has 0 aliphatic carbocycles. The number of carbonyl (C=O) groups excluding carboxylic acids is 3. The first-order chi connectivity index (χ1) is 21.6. The second-order valence-electron chi connectivity index (χ2n) is 11.8. The number of H-pyrrole nitrogens is 1.